The molecular formula is C9H5F2NO2. The summed E-state index contributed by atoms with van der Waals surface area (Å²) in [4.78, 5) is 13.0. The SMILES string of the molecule is O=c1cc(O)c2cc(F)cc(F)c2[nH]1. The number of H-pyrrole nitrogens is 1. The lowest BCUT2D eigenvalue weighted by Gasteiger charge is -2.01. The van der Waals surface area contributed by atoms with E-state index in [4.69, 9.17) is 0 Å². The minimum Gasteiger partial charge on any atom is -0.507 e. The molecule has 1 aromatic carbocycles. The quantitative estimate of drug-likeness (QED) is 0.672. The van der Waals surface area contributed by atoms with Crippen LogP contribution in [0.4, 0.5) is 8.78 Å². The van der Waals surface area contributed by atoms with Crippen molar-refractivity contribution in [2.75, 3.05) is 0 Å². The molecule has 2 N–H and O–H groups in total. The Balaban J connectivity index is 3.01. The number of rotatable bonds is 0. The molecule has 0 saturated heterocycles. The highest BCUT2D eigenvalue weighted by Crippen LogP contribution is 2.23. The van der Waals surface area contributed by atoms with Gasteiger partial charge in [-0.1, -0.05) is 0 Å². The van der Waals surface area contributed by atoms with Gasteiger partial charge in [-0.05, 0) is 6.07 Å². The lowest BCUT2D eigenvalue weighted by Crippen LogP contribution is -2.04. The molecule has 0 spiro atoms. The molecule has 0 aliphatic carbocycles. The van der Waals surface area contributed by atoms with E-state index in [-0.39, 0.29) is 10.9 Å². The zero-order chi connectivity index (χ0) is 10.3. The predicted molar refractivity (Wildman–Crippen MR) is 46.1 cm³/mol. The second-order valence-electron chi connectivity index (χ2n) is 2.83. The van der Waals surface area contributed by atoms with Crippen LogP contribution in [0.2, 0.25) is 0 Å². The maximum absolute atomic E-state index is 13.1. The fourth-order valence-corrected chi connectivity index (χ4v) is 1.26. The summed E-state index contributed by atoms with van der Waals surface area (Å²) < 4.78 is 25.8. The summed E-state index contributed by atoms with van der Waals surface area (Å²) in [7, 11) is 0. The van der Waals surface area contributed by atoms with E-state index in [1.165, 1.54) is 0 Å². The summed E-state index contributed by atoms with van der Waals surface area (Å²) in [6, 6.07) is 2.45. The second-order valence-corrected chi connectivity index (χ2v) is 2.83. The summed E-state index contributed by atoms with van der Waals surface area (Å²) in [6.07, 6.45) is 0. The molecule has 14 heavy (non-hydrogen) atoms. The first-order valence-electron chi connectivity index (χ1n) is 3.79. The van der Waals surface area contributed by atoms with Crippen LogP contribution >= 0.6 is 0 Å². The molecule has 0 amide bonds. The van der Waals surface area contributed by atoms with Crippen LogP contribution in [0.1, 0.15) is 0 Å². The highest BCUT2D eigenvalue weighted by Gasteiger charge is 2.08. The summed E-state index contributed by atoms with van der Waals surface area (Å²) in [6.45, 7) is 0. The first kappa shape index (κ1) is 8.68. The fraction of sp³-hybridized carbons (Fsp3) is 0. The lowest BCUT2D eigenvalue weighted by atomic mass is 10.2. The van der Waals surface area contributed by atoms with Gasteiger partial charge < -0.3 is 10.1 Å². The maximum atomic E-state index is 13.1. The van der Waals surface area contributed by atoms with Crippen LogP contribution in [0.25, 0.3) is 10.9 Å². The van der Waals surface area contributed by atoms with Gasteiger partial charge in [-0.15, -0.1) is 0 Å². The fourth-order valence-electron chi connectivity index (χ4n) is 1.26. The van der Waals surface area contributed by atoms with Crippen molar-refractivity contribution in [3.8, 4) is 5.75 Å². The monoisotopic (exact) mass is 197 g/mol. The third-order valence-electron chi connectivity index (χ3n) is 1.85. The first-order chi connectivity index (χ1) is 6.58. The number of halogens is 2. The van der Waals surface area contributed by atoms with Crippen molar-refractivity contribution in [3.05, 3.63) is 40.2 Å². The average molecular weight is 197 g/mol. The van der Waals surface area contributed by atoms with Gasteiger partial charge in [0.25, 0.3) is 5.56 Å². The molecule has 1 heterocycles. The standard InChI is InChI=1S/C9H5F2NO2/c10-4-1-5-7(13)3-8(14)12-9(5)6(11)2-4/h1-3H,(H2,12,13,14). The Bertz CT molecular complexity index is 562. The van der Waals surface area contributed by atoms with Gasteiger partial charge >= 0.3 is 0 Å². The lowest BCUT2D eigenvalue weighted by molar-refractivity contribution is 0.479. The third kappa shape index (κ3) is 1.22. The van der Waals surface area contributed by atoms with Crippen LogP contribution in [0, 0.1) is 11.6 Å². The van der Waals surface area contributed by atoms with Crippen LogP contribution in [-0.2, 0) is 0 Å². The molecule has 3 nitrogen and oxygen atoms in total. The number of benzene rings is 1. The largest absolute Gasteiger partial charge is 0.507 e. The van der Waals surface area contributed by atoms with Gasteiger partial charge in [0.05, 0.1) is 5.52 Å². The molecule has 0 bridgehead atoms. The zero-order valence-corrected chi connectivity index (χ0v) is 6.84. The van der Waals surface area contributed by atoms with Gasteiger partial charge in [0.15, 0.2) is 0 Å². The topological polar surface area (TPSA) is 53.1 Å². The minimum atomic E-state index is -0.909. The Morgan fingerprint density at radius 1 is 1.21 bits per heavy atom. The van der Waals surface area contributed by atoms with E-state index in [0.717, 1.165) is 12.1 Å². The summed E-state index contributed by atoms with van der Waals surface area (Å²) in [5.41, 5.74) is -0.836. The molecule has 0 aliphatic heterocycles. The Labute approximate surface area is 76.6 Å². The molecule has 0 unspecified atom stereocenters. The van der Waals surface area contributed by atoms with E-state index in [9.17, 15) is 18.7 Å². The van der Waals surface area contributed by atoms with Crippen LogP contribution in [0.15, 0.2) is 23.0 Å². The second kappa shape index (κ2) is 2.80. The summed E-state index contributed by atoms with van der Waals surface area (Å²) in [5, 5.41) is 9.19. The number of aromatic hydroxyl groups is 1. The Morgan fingerprint density at radius 2 is 1.93 bits per heavy atom. The van der Waals surface area contributed by atoms with Gasteiger partial charge in [0.1, 0.15) is 17.4 Å². The summed E-state index contributed by atoms with van der Waals surface area (Å²) in [5.74, 6) is -2.16. The van der Waals surface area contributed by atoms with Gasteiger partial charge in [0.2, 0.25) is 0 Å². The molecule has 0 fully saturated rings. The number of nitrogens with one attached hydrogen (secondary N) is 1. The number of hydrogen-bond acceptors (Lipinski definition) is 2. The molecule has 2 aromatic rings. The first-order valence-corrected chi connectivity index (χ1v) is 3.79. The summed E-state index contributed by atoms with van der Waals surface area (Å²) >= 11 is 0. The highest BCUT2D eigenvalue weighted by atomic mass is 19.1. The average Bonchev–Trinajstić information content (AvgIpc) is 2.07. The van der Waals surface area contributed by atoms with Gasteiger partial charge in [-0.3, -0.25) is 4.79 Å². The van der Waals surface area contributed by atoms with E-state index in [1.54, 1.807) is 0 Å². The number of pyridine rings is 1. The minimum absolute atomic E-state index is 0.0536. The van der Waals surface area contributed by atoms with E-state index in [1.807, 2.05) is 0 Å². The molecule has 2 rings (SSSR count). The maximum Gasteiger partial charge on any atom is 0.252 e. The van der Waals surface area contributed by atoms with Gasteiger partial charge in [0, 0.05) is 17.5 Å². The molecular weight excluding hydrogens is 192 g/mol. The van der Waals surface area contributed by atoms with E-state index in [0.29, 0.717) is 6.07 Å². The molecule has 0 atom stereocenters. The number of aromatic amines is 1. The molecule has 1 aromatic heterocycles. The van der Waals surface area contributed by atoms with Crippen molar-refractivity contribution in [2.24, 2.45) is 0 Å². The van der Waals surface area contributed by atoms with Crippen LogP contribution in [-0.4, -0.2) is 10.1 Å². The van der Waals surface area contributed by atoms with E-state index >= 15 is 0 Å². The smallest absolute Gasteiger partial charge is 0.252 e. The van der Waals surface area contributed by atoms with Crippen molar-refractivity contribution in [1.82, 2.24) is 4.98 Å². The van der Waals surface area contributed by atoms with Crippen molar-refractivity contribution >= 4 is 10.9 Å². The van der Waals surface area contributed by atoms with Gasteiger partial charge in [-0.25, -0.2) is 8.78 Å². The molecule has 5 heteroatoms. The van der Waals surface area contributed by atoms with E-state index in [2.05, 4.69) is 4.98 Å². The third-order valence-corrected chi connectivity index (χ3v) is 1.85. The highest BCUT2D eigenvalue weighted by molar-refractivity contribution is 5.84. The number of aromatic nitrogens is 1. The molecule has 72 valence electrons. The Kier molecular flexibility index (Phi) is 1.73. The van der Waals surface area contributed by atoms with E-state index < -0.39 is 22.9 Å². The Hall–Kier alpha value is -1.91. The van der Waals surface area contributed by atoms with Crippen LogP contribution in [0.5, 0.6) is 5.75 Å². The molecule has 0 radical (unpaired) electrons. The zero-order valence-electron chi connectivity index (χ0n) is 6.84. The van der Waals surface area contributed by atoms with Crippen molar-refractivity contribution < 1.29 is 13.9 Å². The van der Waals surface area contributed by atoms with Crippen molar-refractivity contribution in [3.63, 3.8) is 0 Å². The normalized spacial score (nSPS) is 10.7. The van der Waals surface area contributed by atoms with Crippen LogP contribution < -0.4 is 5.56 Å². The molecule has 0 aliphatic rings. The predicted octanol–water partition coefficient (Wildman–Crippen LogP) is 1.51. The van der Waals surface area contributed by atoms with Crippen molar-refractivity contribution in [2.45, 2.75) is 0 Å². The number of hydrogen-bond donors (Lipinski definition) is 2. The van der Waals surface area contributed by atoms with Gasteiger partial charge in [-0.2, -0.15) is 0 Å². The Morgan fingerprint density at radius 3 is 2.64 bits per heavy atom. The van der Waals surface area contributed by atoms with Crippen LogP contribution in [0.3, 0.4) is 0 Å². The molecule has 0 saturated carbocycles. The number of fused-ring (bicyclic) bond motifs is 1. The van der Waals surface area contributed by atoms with Crippen molar-refractivity contribution in [1.29, 1.82) is 0 Å².